The predicted octanol–water partition coefficient (Wildman–Crippen LogP) is 2.07. The van der Waals surface area contributed by atoms with Gasteiger partial charge in [0.2, 0.25) is 0 Å². The molecule has 3 heterocycles. The van der Waals surface area contributed by atoms with Gasteiger partial charge in [-0.1, -0.05) is 0 Å². The first-order chi connectivity index (χ1) is 9.31. The van der Waals surface area contributed by atoms with Gasteiger partial charge in [0, 0.05) is 32.3 Å². The predicted molar refractivity (Wildman–Crippen MR) is 84.3 cm³/mol. The molecular formula is C15H27ClN4. The van der Waals surface area contributed by atoms with Crippen molar-refractivity contribution in [2.75, 3.05) is 26.7 Å². The summed E-state index contributed by atoms with van der Waals surface area (Å²) < 4.78 is 2.36. The van der Waals surface area contributed by atoms with E-state index in [0.717, 1.165) is 18.9 Å². The number of aromatic nitrogens is 2. The monoisotopic (exact) mass is 298 g/mol. The van der Waals surface area contributed by atoms with Crippen LogP contribution in [0, 0.1) is 5.92 Å². The van der Waals surface area contributed by atoms with Gasteiger partial charge in [-0.25, -0.2) is 4.98 Å². The second-order valence-corrected chi connectivity index (χ2v) is 6.21. The number of fused-ring (bicyclic) bond motifs is 1. The molecule has 2 aliphatic rings. The van der Waals surface area contributed by atoms with Gasteiger partial charge in [-0.3, -0.25) is 0 Å². The maximum absolute atomic E-state index is 4.79. The van der Waals surface area contributed by atoms with Crippen LogP contribution >= 0.6 is 12.4 Å². The SMILES string of the molecule is CN(Cc1cn2c(n1)CCCC2)CC1CCCNC1.Cl. The number of hydrogen-bond acceptors (Lipinski definition) is 3. The topological polar surface area (TPSA) is 33.1 Å². The third-order valence-electron chi connectivity index (χ3n) is 4.36. The molecule has 0 amide bonds. The molecule has 0 aromatic carbocycles. The molecule has 5 heteroatoms. The number of hydrogen-bond donors (Lipinski definition) is 1. The molecule has 1 unspecified atom stereocenters. The fourth-order valence-electron chi connectivity index (χ4n) is 3.41. The zero-order valence-electron chi connectivity index (χ0n) is 12.5. The molecule has 2 aliphatic heterocycles. The summed E-state index contributed by atoms with van der Waals surface area (Å²) in [4.78, 5) is 7.23. The number of rotatable bonds is 4. The van der Waals surface area contributed by atoms with E-state index in [1.807, 2.05) is 0 Å². The van der Waals surface area contributed by atoms with Crippen LogP contribution in [0.3, 0.4) is 0 Å². The number of nitrogens with zero attached hydrogens (tertiary/aromatic N) is 3. The van der Waals surface area contributed by atoms with E-state index in [1.165, 1.54) is 63.4 Å². The molecule has 1 aromatic rings. The largest absolute Gasteiger partial charge is 0.335 e. The van der Waals surface area contributed by atoms with E-state index < -0.39 is 0 Å². The number of nitrogens with one attached hydrogen (secondary N) is 1. The van der Waals surface area contributed by atoms with Crippen LogP contribution in [0.4, 0.5) is 0 Å². The lowest BCUT2D eigenvalue weighted by molar-refractivity contribution is 0.236. The van der Waals surface area contributed by atoms with Gasteiger partial charge in [-0.2, -0.15) is 0 Å². The van der Waals surface area contributed by atoms with Gasteiger partial charge >= 0.3 is 0 Å². The Hall–Kier alpha value is -0.580. The molecule has 4 nitrogen and oxygen atoms in total. The third kappa shape index (κ3) is 3.96. The first-order valence-corrected chi connectivity index (χ1v) is 7.75. The molecule has 0 radical (unpaired) electrons. The lowest BCUT2D eigenvalue weighted by atomic mass is 9.99. The summed E-state index contributed by atoms with van der Waals surface area (Å²) >= 11 is 0. The van der Waals surface area contributed by atoms with Gasteiger partial charge in [-0.15, -0.1) is 12.4 Å². The Balaban J connectivity index is 0.00000147. The summed E-state index contributed by atoms with van der Waals surface area (Å²) in [5.74, 6) is 2.12. The maximum Gasteiger partial charge on any atom is 0.109 e. The molecule has 20 heavy (non-hydrogen) atoms. The molecule has 0 bridgehead atoms. The van der Waals surface area contributed by atoms with Crippen LogP contribution < -0.4 is 5.32 Å². The Morgan fingerprint density at radius 2 is 2.30 bits per heavy atom. The number of halogens is 1. The van der Waals surface area contributed by atoms with Crippen LogP contribution in [0.25, 0.3) is 0 Å². The van der Waals surface area contributed by atoms with Gasteiger partial charge in [0.1, 0.15) is 5.82 Å². The van der Waals surface area contributed by atoms with Crippen LogP contribution in [0.15, 0.2) is 6.20 Å². The Bertz CT molecular complexity index is 389. The minimum atomic E-state index is 0. The summed E-state index contributed by atoms with van der Waals surface area (Å²) in [6.07, 6.45) is 8.75. The standard InChI is InChI=1S/C15H26N4.ClH/c1-18(10-13-5-4-7-16-9-13)11-14-12-19-8-3-2-6-15(19)17-14;/h12-13,16H,2-11H2,1H3;1H. The average Bonchev–Trinajstić information content (AvgIpc) is 2.81. The molecule has 3 rings (SSSR count). The van der Waals surface area contributed by atoms with E-state index in [2.05, 4.69) is 28.0 Å². The van der Waals surface area contributed by atoms with Crippen molar-refractivity contribution in [2.24, 2.45) is 5.92 Å². The van der Waals surface area contributed by atoms with Gasteiger partial charge < -0.3 is 14.8 Å². The van der Waals surface area contributed by atoms with Crippen molar-refractivity contribution >= 4 is 12.4 Å². The smallest absolute Gasteiger partial charge is 0.109 e. The molecule has 1 fully saturated rings. The normalized spacial score (nSPS) is 22.4. The molecule has 0 saturated carbocycles. The van der Waals surface area contributed by atoms with Crippen molar-refractivity contribution in [1.29, 1.82) is 0 Å². The quantitative estimate of drug-likeness (QED) is 0.924. The number of piperidine rings is 1. The van der Waals surface area contributed by atoms with Crippen LogP contribution in [0.1, 0.15) is 37.2 Å². The van der Waals surface area contributed by atoms with E-state index in [4.69, 9.17) is 4.98 Å². The highest BCUT2D eigenvalue weighted by atomic mass is 35.5. The fraction of sp³-hybridized carbons (Fsp3) is 0.800. The second-order valence-electron chi connectivity index (χ2n) is 6.21. The molecule has 1 atom stereocenters. The number of imidazole rings is 1. The fourth-order valence-corrected chi connectivity index (χ4v) is 3.41. The van der Waals surface area contributed by atoms with E-state index in [-0.39, 0.29) is 12.4 Å². The average molecular weight is 299 g/mol. The van der Waals surface area contributed by atoms with Crippen molar-refractivity contribution in [3.05, 3.63) is 17.7 Å². The third-order valence-corrected chi connectivity index (χ3v) is 4.36. The first kappa shape index (κ1) is 15.8. The molecular weight excluding hydrogens is 272 g/mol. The molecule has 0 spiro atoms. The lowest BCUT2D eigenvalue weighted by Gasteiger charge is -2.27. The zero-order chi connectivity index (χ0) is 13.1. The summed E-state index contributed by atoms with van der Waals surface area (Å²) in [6, 6.07) is 0. The van der Waals surface area contributed by atoms with Crippen molar-refractivity contribution < 1.29 is 0 Å². The second kappa shape index (κ2) is 7.43. The Labute approximate surface area is 128 Å². The van der Waals surface area contributed by atoms with Crippen LogP contribution in [0.2, 0.25) is 0 Å². The van der Waals surface area contributed by atoms with Gasteiger partial charge in [0.05, 0.1) is 5.69 Å². The van der Waals surface area contributed by atoms with Crippen molar-refractivity contribution in [1.82, 2.24) is 19.8 Å². The minimum Gasteiger partial charge on any atom is -0.335 e. The molecule has 1 saturated heterocycles. The highest BCUT2D eigenvalue weighted by Crippen LogP contribution is 2.16. The van der Waals surface area contributed by atoms with Gasteiger partial charge in [0.15, 0.2) is 0 Å². The van der Waals surface area contributed by atoms with E-state index in [9.17, 15) is 0 Å². The van der Waals surface area contributed by atoms with Crippen LogP contribution in [-0.2, 0) is 19.5 Å². The van der Waals surface area contributed by atoms with Crippen molar-refractivity contribution in [3.63, 3.8) is 0 Å². The first-order valence-electron chi connectivity index (χ1n) is 7.75. The van der Waals surface area contributed by atoms with E-state index in [0.29, 0.717) is 0 Å². The van der Waals surface area contributed by atoms with E-state index in [1.54, 1.807) is 0 Å². The Kier molecular flexibility index (Phi) is 5.87. The Morgan fingerprint density at radius 1 is 1.40 bits per heavy atom. The molecule has 1 aromatic heterocycles. The van der Waals surface area contributed by atoms with Crippen molar-refractivity contribution in [2.45, 2.75) is 45.2 Å². The maximum atomic E-state index is 4.79. The summed E-state index contributed by atoms with van der Waals surface area (Å²) in [7, 11) is 2.23. The van der Waals surface area contributed by atoms with Gasteiger partial charge in [-0.05, 0) is 51.7 Å². The highest BCUT2D eigenvalue weighted by molar-refractivity contribution is 5.85. The lowest BCUT2D eigenvalue weighted by Crippen LogP contribution is -2.36. The Morgan fingerprint density at radius 3 is 3.05 bits per heavy atom. The molecule has 0 aliphatic carbocycles. The zero-order valence-corrected chi connectivity index (χ0v) is 13.3. The molecule has 114 valence electrons. The summed E-state index contributed by atoms with van der Waals surface area (Å²) in [5, 5.41) is 3.50. The molecule has 1 N–H and O–H groups in total. The van der Waals surface area contributed by atoms with Crippen LogP contribution in [0.5, 0.6) is 0 Å². The summed E-state index contributed by atoms with van der Waals surface area (Å²) in [5.41, 5.74) is 1.25. The minimum absolute atomic E-state index is 0. The number of aryl methyl sites for hydroxylation is 2. The highest BCUT2D eigenvalue weighted by Gasteiger charge is 2.17. The van der Waals surface area contributed by atoms with Gasteiger partial charge in [0.25, 0.3) is 0 Å². The van der Waals surface area contributed by atoms with Crippen LogP contribution in [-0.4, -0.2) is 41.1 Å². The van der Waals surface area contributed by atoms with E-state index >= 15 is 0 Å². The van der Waals surface area contributed by atoms with Crippen molar-refractivity contribution in [3.8, 4) is 0 Å². The summed E-state index contributed by atoms with van der Waals surface area (Å²) in [6.45, 7) is 5.74.